The number of hydrogen-bond acceptors (Lipinski definition) is 4. The van der Waals surface area contributed by atoms with Crippen LogP contribution in [0.5, 0.6) is 0 Å². The van der Waals surface area contributed by atoms with Gasteiger partial charge in [0.05, 0.1) is 5.75 Å². The maximum Gasteiger partial charge on any atom is 0.211 e. The van der Waals surface area contributed by atoms with Gasteiger partial charge in [-0.05, 0) is 50.9 Å². The van der Waals surface area contributed by atoms with E-state index in [1.807, 2.05) is 11.8 Å². The van der Waals surface area contributed by atoms with E-state index in [9.17, 15) is 8.42 Å². The van der Waals surface area contributed by atoms with Gasteiger partial charge in [-0.2, -0.15) is 11.8 Å². The van der Waals surface area contributed by atoms with Crippen LogP contribution in [0.1, 0.15) is 39.0 Å². The second kappa shape index (κ2) is 9.18. The van der Waals surface area contributed by atoms with Crippen molar-refractivity contribution >= 4 is 21.8 Å². The van der Waals surface area contributed by atoms with E-state index in [2.05, 4.69) is 17.0 Å². The lowest BCUT2D eigenvalue weighted by Gasteiger charge is -2.10. The van der Waals surface area contributed by atoms with Crippen molar-refractivity contribution in [3.63, 3.8) is 0 Å². The van der Waals surface area contributed by atoms with Crippen molar-refractivity contribution in [1.29, 1.82) is 0 Å². The van der Waals surface area contributed by atoms with Gasteiger partial charge in [-0.3, -0.25) is 0 Å². The summed E-state index contributed by atoms with van der Waals surface area (Å²) < 4.78 is 26.2. The van der Waals surface area contributed by atoms with Crippen LogP contribution < -0.4 is 10.0 Å². The Bertz CT molecular complexity index is 301. The van der Waals surface area contributed by atoms with Gasteiger partial charge in [0.15, 0.2) is 0 Å². The van der Waals surface area contributed by atoms with Gasteiger partial charge in [0.25, 0.3) is 0 Å². The van der Waals surface area contributed by atoms with Crippen LogP contribution in [-0.2, 0) is 10.0 Å². The first-order valence-corrected chi connectivity index (χ1v) is 9.64. The highest BCUT2D eigenvalue weighted by atomic mass is 32.2. The highest BCUT2D eigenvalue weighted by molar-refractivity contribution is 8.00. The molecule has 1 heterocycles. The number of sulfonamides is 1. The Morgan fingerprint density at radius 1 is 1.28 bits per heavy atom. The number of unbranched alkanes of at least 4 members (excludes halogenated alkanes) is 1. The molecule has 4 nitrogen and oxygen atoms in total. The summed E-state index contributed by atoms with van der Waals surface area (Å²) in [6.45, 7) is 4.68. The lowest BCUT2D eigenvalue weighted by atomic mass is 10.2. The minimum absolute atomic E-state index is 0.262. The Kier molecular flexibility index (Phi) is 8.30. The van der Waals surface area contributed by atoms with E-state index >= 15 is 0 Å². The third kappa shape index (κ3) is 7.61. The molecule has 1 fully saturated rings. The van der Waals surface area contributed by atoms with Gasteiger partial charge in [0, 0.05) is 11.8 Å². The largest absolute Gasteiger partial charge is 0.317 e. The third-order valence-electron chi connectivity index (χ3n) is 3.00. The van der Waals surface area contributed by atoms with Crippen molar-refractivity contribution in [2.24, 2.45) is 0 Å². The molecular formula is C12H26N2O2S2. The fourth-order valence-electron chi connectivity index (χ4n) is 1.94. The summed E-state index contributed by atoms with van der Waals surface area (Å²) in [6, 6.07) is 0. The summed E-state index contributed by atoms with van der Waals surface area (Å²) in [4.78, 5) is 0. The normalized spacial score (nSPS) is 20.4. The SMILES string of the molecule is CCCNCCCCS(=O)(=O)NCC1CCCS1. The molecule has 1 saturated heterocycles. The van der Waals surface area contributed by atoms with E-state index in [0.717, 1.165) is 38.8 Å². The average molecular weight is 294 g/mol. The summed E-state index contributed by atoms with van der Waals surface area (Å²) >= 11 is 1.88. The van der Waals surface area contributed by atoms with Crippen LogP contribution in [0.2, 0.25) is 0 Å². The Morgan fingerprint density at radius 3 is 2.78 bits per heavy atom. The molecule has 0 saturated carbocycles. The Hall–Kier alpha value is 0.220. The van der Waals surface area contributed by atoms with Crippen LogP contribution in [0.15, 0.2) is 0 Å². The maximum atomic E-state index is 11.7. The maximum absolute atomic E-state index is 11.7. The molecule has 0 radical (unpaired) electrons. The fraction of sp³-hybridized carbons (Fsp3) is 1.00. The molecule has 108 valence electrons. The van der Waals surface area contributed by atoms with Crippen molar-refractivity contribution in [2.75, 3.05) is 31.1 Å². The van der Waals surface area contributed by atoms with E-state index < -0.39 is 10.0 Å². The highest BCUT2D eigenvalue weighted by Crippen LogP contribution is 2.25. The first-order chi connectivity index (χ1) is 8.64. The van der Waals surface area contributed by atoms with Crippen molar-refractivity contribution in [3.05, 3.63) is 0 Å². The second-order valence-corrected chi connectivity index (χ2v) is 8.09. The second-order valence-electron chi connectivity index (χ2n) is 4.76. The molecule has 1 atom stereocenters. The molecule has 0 aromatic rings. The van der Waals surface area contributed by atoms with Gasteiger partial charge in [-0.25, -0.2) is 13.1 Å². The third-order valence-corrected chi connectivity index (χ3v) is 5.83. The van der Waals surface area contributed by atoms with Crippen molar-refractivity contribution in [1.82, 2.24) is 10.0 Å². The van der Waals surface area contributed by atoms with Gasteiger partial charge < -0.3 is 5.32 Å². The molecule has 0 amide bonds. The Labute approximate surface area is 116 Å². The predicted octanol–water partition coefficient (Wildman–Crippen LogP) is 1.58. The quantitative estimate of drug-likeness (QED) is 0.601. The molecule has 6 heteroatoms. The zero-order valence-electron chi connectivity index (χ0n) is 11.3. The minimum Gasteiger partial charge on any atom is -0.317 e. The highest BCUT2D eigenvalue weighted by Gasteiger charge is 2.18. The van der Waals surface area contributed by atoms with Crippen molar-refractivity contribution in [2.45, 2.75) is 44.3 Å². The molecule has 0 bridgehead atoms. The first kappa shape index (κ1) is 16.3. The van der Waals surface area contributed by atoms with Crippen LogP contribution in [0.25, 0.3) is 0 Å². The van der Waals surface area contributed by atoms with E-state index in [4.69, 9.17) is 0 Å². The molecule has 1 unspecified atom stereocenters. The molecule has 0 aromatic heterocycles. The number of hydrogen-bond donors (Lipinski definition) is 2. The zero-order valence-corrected chi connectivity index (χ0v) is 12.9. The Balaban J connectivity index is 2.03. The standard InChI is InChI=1S/C12H26N2O2S2/c1-2-7-13-8-3-4-10-18(15,16)14-11-12-6-5-9-17-12/h12-14H,2-11H2,1H3. The van der Waals surface area contributed by atoms with Crippen LogP contribution in [-0.4, -0.2) is 44.8 Å². The topological polar surface area (TPSA) is 58.2 Å². The molecule has 0 aliphatic carbocycles. The molecule has 18 heavy (non-hydrogen) atoms. The average Bonchev–Trinajstić information content (AvgIpc) is 2.84. The monoisotopic (exact) mass is 294 g/mol. The van der Waals surface area contributed by atoms with Gasteiger partial charge in [0.2, 0.25) is 10.0 Å². The van der Waals surface area contributed by atoms with Crippen LogP contribution in [0.3, 0.4) is 0 Å². The molecule has 2 N–H and O–H groups in total. The molecule has 1 aliphatic rings. The van der Waals surface area contributed by atoms with E-state index in [0.29, 0.717) is 11.8 Å². The minimum atomic E-state index is -3.05. The van der Waals surface area contributed by atoms with Crippen molar-refractivity contribution in [3.8, 4) is 0 Å². The summed E-state index contributed by atoms with van der Waals surface area (Å²) in [5.41, 5.74) is 0. The number of nitrogens with one attached hydrogen (secondary N) is 2. The summed E-state index contributed by atoms with van der Waals surface area (Å²) in [5.74, 6) is 1.44. The number of rotatable bonds is 10. The molecule has 0 aromatic carbocycles. The molecule has 1 aliphatic heterocycles. The van der Waals surface area contributed by atoms with Gasteiger partial charge >= 0.3 is 0 Å². The zero-order chi connectivity index (χ0) is 13.3. The lowest BCUT2D eigenvalue weighted by Crippen LogP contribution is -2.32. The fourth-order valence-corrected chi connectivity index (χ4v) is 4.43. The smallest absolute Gasteiger partial charge is 0.211 e. The molecule has 1 rings (SSSR count). The Morgan fingerprint density at radius 2 is 2.11 bits per heavy atom. The van der Waals surface area contributed by atoms with E-state index in [1.165, 1.54) is 12.2 Å². The molecule has 0 spiro atoms. The van der Waals surface area contributed by atoms with Crippen LogP contribution in [0, 0.1) is 0 Å². The summed E-state index contributed by atoms with van der Waals surface area (Å²) in [5, 5.41) is 3.77. The first-order valence-electron chi connectivity index (χ1n) is 6.93. The molecular weight excluding hydrogens is 268 g/mol. The van der Waals surface area contributed by atoms with Crippen LogP contribution >= 0.6 is 11.8 Å². The van der Waals surface area contributed by atoms with Gasteiger partial charge in [0.1, 0.15) is 0 Å². The lowest BCUT2D eigenvalue weighted by molar-refractivity contribution is 0.571. The summed E-state index contributed by atoms with van der Waals surface area (Å²) in [7, 11) is -3.05. The van der Waals surface area contributed by atoms with Crippen molar-refractivity contribution < 1.29 is 8.42 Å². The summed E-state index contributed by atoms with van der Waals surface area (Å²) in [6.07, 6.45) is 5.16. The van der Waals surface area contributed by atoms with E-state index in [1.54, 1.807) is 0 Å². The van der Waals surface area contributed by atoms with E-state index in [-0.39, 0.29) is 5.75 Å². The van der Waals surface area contributed by atoms with Crippen LogP contribution in [0.4, 0.5) is 0 Å². The predicted molar refractivity (Wildman–Crippen MR) is 79.7 cm³/mol. The van der Waals surface area contributed by atoms with Gasteiger partial charge in [-0.15, -0.1) is 0 Å². The number of thioether (sulfide) groups is 1. The van der Waals surface area contributed by atoms with Gasteiger partial charge in [-0.1, -0.05) is 6.92 Å².